The van der Waals surface area contributed by atoms with Gasteiger partial charge in [0.25, 0.3) is 0 Å². The van der Waals surface area contributed by atoms with E-state index in [2.05, 4.69) is 21.9 Å². The summed E-state index contributed by atoms with van der Waals surface area (Å²) in [4.78, 5) is 17.8. The molecule has 0 bridgehead atoms. The van der Waals surface area contributed by atoms with E-state index < -0.39 is 5.97 Å². The highest BCUT2D eigenvalue weighted by molar-refractivity contribution is 5.96. The number of likely N-dealkylation sites (N-methyl/N-ethyl adjacent to an activating group) is 1. The number of aromatic carboxylic acids is 1. The van der Waals surface area contributed by atoms with Gasteiger partial charge < -0.3 is 5.11 Å². The van der Waals surface area contributed by atoms with E-state index in [-0.39, 0.29) is 5.56 Å². The third-order valence-electron chi connectivity index (χ3n) is 4.16. The lowest BCUT2D eigenvalue weighted by molar-refractivity contribution is 0.0699. The molecule has 3 rings (SSSR count). The van der Waals surface area contributed by atoms with Crippen molar-refractivity contribution in [3.05, 3.63) is 65.7 Å². The van der Waals surface area contributed by atoms with E-state index in [1.807, 2.05) is 24.3 Å². The zero-order chi connectivity index (χ0) is 16.9. The van der Waals surface area contributed by atoms with Crippen LogP contribution >= 0.6 is 0 Å². The molecule has 0 aliphatic rings. The number of rotatable bonds is 7. The summed E-state index contributed by atoms with van der Waals surface area (Å²) in [6.07, 6.45) is 7.73. The molecule has 3 aromatic heterocycles. The van der Waals surface area contributed by atoms with Crippen molar-refractivity contribution in [2.24, 2.45) is 0 Å². The molecule has 6 nitrogen and oxygen atoms in total. The van der Waals surface area contributed by atoms with Gasteiger partial charge in [0, 0.05) is 31.7 Å². The van der Waals surface area contributed by atoms with Crippen molar-refractivity contribution >= 4 is 11.5 Å². The molecule has 3 aromatic rings. The summed E-state index contributed by atoms with van der Waals surface area (Å²) >= 11 is 0. The van der Waals surface area contributed by atoms with Crippen LogP contribution in [-0.2, 0) is 13.0 Å². The minimum Gasteiger partial charge on any atom is -0.478 e. The van der Waals surface area contributed by atoms with Gasteiger partial charge in [0.2, 0.25) is 0 Å². The van der Waals surface area contributed by atoms with Crippen molar-refractivity contribution in [3.63, 3.8) is 0 Å². The molecule has 0 unspecified atom stereocenters. The van der Waals surface area contributed by atoms with Crippen molar-refractivity contribution in [2.45, 2.75) is 19.9 Å². The van der Waals surface area contributed by atoms with Crippen LogP contribution in [0.3, 0.4) is 0 Å². The molecule has 0 amide bonds. The lowest BCUT2D eigenvalue weighted by atomic mass is 10.1. The Kier molecular flexibility index (Phi) is 4.86. The van der Waals surface area contributed by atoms with Crippen LogP contribution in [-0.4, -0.2) is 43.7 Å². The van der Waals surface area contributed by atoms with Gasteiger partial charge in [0.1, 0.15) is 5.56 Å². The molecule has 24 heavy (non-hydrogen) atoms. The van der Waals surface area contributed by atoms with Crippen LogP contribution in [0.25, 0.3) is 5.52 Å². The van der Waals surface area contributed by atoms with Crippen LogP contribution in [0.5, 0.6) is 0 Å². The van der Waals surface area contributed by atoms with Gasteiger partial charge in [-0.25, -0.2) is 9.31 Å². The molecule has 124 valence electrons. The quantitative estimate of drug-likeness (QED) is 0.723. The molecule has 0 saturated heterocycles. The van der Waals surface area contributed by atoms with Crippen LogP contribution in [0, 0.1) is 0 Å². The van der Waals surface area contributed by atoms with E-state index in [0.717, 1.165) is 25.1 Å². The summed E-state index contributed by atoms with van der Waals surface area (Å²) in [6.45, 7) is 4.60. The van der Waals surface area contributed by atoms with Gasteiger partial charge in [-0.1, -0.05) is 13.0 Å². The second kappa shape index (κ2) is 7.23. The Morgan fingerprint density at radius 2 is 2.08 bits per heavy atom. The summed E-state index contributed by atoms with van der Waals surface area (Å²) in [7, 11) is 0. The van der Waals surface area contributed by atoms with E-state index in [4.69, 9.17) is 0 Å². The summed E-state index contributed by atoms with van der Waals surface area (Å²) < 4.78 is 1.63. The van der Waals surface area contributed by atoms with Crippen LogP contribution in [0.1, 0.15) is 28.4 Å². The van der Waals surface area contributed by atoms with Gasteiger partial charge in [-0.2, -0.15) is 5.10 Å². The molecule has 3 heterocycles. The zero-order valence-corrected chi connectivity index (χ0v) is 13.6. The molecule has 1 N–H and O–H groups in total. The predicted molar refractivity (Wildman–Crippen MR) is 91.0 cm³/mol. The predicted octanol–water partition coefficient (Wildman–Crippen LogP) is 2.49. The first-order valence-electron chi connectivity index (χ1n) is 7.99. The van der Waals surface area contributed by atoms with Crippen molar-refractivity contribution in [3.8, 4) is 0 Å². The molecule has 0 aromatic carbocycles. The Balaban J connectivity index is 1.79. The van der Waals surface area contributed by atoms with Crippen LogP contribution in [0.15, 0.2) is 49.1 Å². The number of carboxylic acid groups (broad SMARTS) is 1. The first-order chi connectivity index (χ1) is 11.7. The van der Waals surface area contributed by atoms with Gasteiger partial charge in [-0.05, 0) is 42.3 Å². The second-order valence-electron chi connectivity index (χ2n) is 5.66. The highest BCUT2D eigenvalue weighted by atomic mass is 16.4. The van der Waals surface area contributed by atoms with Crippen molar-refractivity contribution in [2.75, 3.05) is 13.1 Å². The Hall–Kier alpha value is -2.73. The third kappa shape index (κ3) is 3.44. The minimum atomic E-state index is -0.947. The number of carbonyl (C=O) groups is 1. The monoisotopic (exact) mass is 324 g/mol. The molecule has 0 aliphatic heterocycles. The third-order valence-corrected chi connectivity index (χ3v) is 4.16. The molecule has 0 saturated carbocycles. The number of hydrogen-bond acceptors (Lipinski definition) is 4. The molecule has 0 atom stereocenters. The van der Waals surface area contributed by atoms with Crippen molar-refractivity contribution < 1.29 is 9.90 Å². The first kappa shape index (κ1) is 16.1. The average Bonchev–Trinajstić information content (AvgIpc) is 3.04. The topological polar surface area (TPSA) is 70.7 Å². The van der Waals surface area contributed by atoms with Gasteiger partial charge in [0.05, 0.1) is 11.7 Å². The smallest absolute Gasteiger partial charge is 0.339 e. The van der Waals surface area contributed by atoms with Gasteiger partial charge in [-0.15, -0.1) is 0 Å². The fourth-order valence-corrected chi connectivity index (χ4v) is 2.83. The number of aromatic nitrogens is 3. The Morgan fingerprint density at radius 1 is 1.29 bits per heavy atom. The highest BCUT2D eigenvalue weighted by Gasteiger charge is 2.16. The summed E-state index contributed by atoms with van der Waals surface area (Å²) in [5, 5.41) is 13.5. The molecule has 0 spiro atoms. The number of hydrogen-bond donors (Lipinski definition) is 1. The molecule has 0 radical (unpaired) electrons. The van der Waals surface area contributed by atoms with Crippen molar-refractivity contribution in [1.29, 1.82) is 0 Å². The fraction of sp³-hybridized carbons (Fsp3) is 0.278. The molecule has 0 aliphatic carbocycles. The molecule has 6 heteroatoms. The van der Waals surface area contributed by atoms with Crippen LogP contribution in [0.2, 0.25) is 0 Å². The molecule has 0 fully saturated rings. The van der Waals surface area contributed by atoms with E-state index in [0.29, 0.717) is 12.1 Å². The Labute approximate surface area is 140 Å². The van der Waals surface area contributed by atoms with Crippen LogP contribution < -0.4 is 0 Å². The minimum absolute atomic E-state index is 0.246. The fourth-order valence-electron chi connectivity index (χ4n) is 2.83. The van der Waals surface area contributed by atoms with Gasteiger partial charge >= 0.3 is 5.97 Å². The van der Waals surface area contributed by atoms with Gasteiger partial charge in [0.15, 0.2) is 0 Å². The van der Waals surface area contributed by atoms with Crippen LogP contribution in [0.4, 0.5) is 0 Å². The van der Waals surface area contributed by atoms with E-state index in [9.17, 15) is 9.90 Å². The lowest BCUT2D eigenvalue weighted by Gasteiger charge is -2.21. The molecular weight excluding hydrogens is 304 g/mol. The van der Waals surface area contributed by atoms with E-state index in [1.165, 1.54) is 11.8 Å². The largest absolute Gasteiger partial charge is 0.478 e. The summed E-state index contributed by atoms with van der Waals surface area (Å²) in [6, 6.07) is 7.92. The van der Waals surface area contributed by atoms with Gasteiger partial charge in [-0.3, -0.25) is 9.88 Å². The Morgan fingerprint density at radius 3 is 2.79 bits per heavy atom. The zero-order valence-electron chi connectivity index (χ0n) is 13.6. The van der Waals surface area contributed by atoms with E-state index >= 15 is 0 Å². The maximum absolute atomic E-state index is 11.4. The normalized spacial score (nSPS) is 11.2. The maximum atomic E-state index is 11.4. The summed E-state index contributed by atoms with van der Waals surface area (Å²) in [5.74, 6) is -0.947. The highest BCUT2D eigenvalue weighted by Crippen LogP contribution is 2.18. The summed E-state index contributed by atoms with van der Waals surface area (Å²) in [5.41, 5.74) is 3.14. The SMILES string of the molecule is CCN(CCc1ccncc1)Cc1cccn2ncc(C(=O)O)c12. The standard InChI is InChI=1S/C18H20N4O2/c1-2-21(11-7-14-5-8-19-9-6-14)13-15-4-3-10-22-17(15)16(12-20-22)18(23)24/h3-6,8-10,12H,2,7,11,13H2,1H3,(H,23,24). The maximum Gasteiger partial charge on any atom is 0.339 e. The Bertz CT molecular complexity index is 829. The number of carboxylic acids is 1. The van der Waals surface area contributed by atoms with E-state index in [1.54, 1.807) is 23.1 Å². The molecular formula is C18H20N4O2. The lowest BCUT2D eigenvalue weighted by Crippen LogP contribution is -2.25. The number of nitrogens with zero attached hydrogens (tertiary/aromatic N) is 4. The number of pyridine rings is 2. The first-order valence-corrected chi connectivity index (χ1v) is 7.99. The van der Waals surface area contributed by atoms with Crippen molar-refractivity contribution in [1.82, 2.24) is 19.5 Å². The average molecular weight is 324 g/mol. The second-order valence-corrected chi connectivity index (χ2v) is 5.66. The number of fused-ring (bicyclic) bond motifs is 1.